The van der Waals surface area contributed by atoms with Gasteiger partial charge in [-0.25, -0.2) is 0 Å². The first-order chi connectivity index (χ1) is 3.46. The fourth-order valence-corrected chi connectivity index (χ4v) is 0. The van der Waals surface area contributed by atoms with Gasteiger partial charge in [0.15, 0.2) is 0 Å². The summed E-state index contributed by atoms with van der Waals surface area (Å²) >= 11 is 0. The van der Waals surface area contributed by atoms with Crippen molar-refractivity contribution in [2.24, 2.45) is 0 Å². The summed E-state index contributed by atoms with van der Waals surface area (Å²) in [6.45, 7) is 1.94. The Bertz CT molecular complexity index is 74.5. The van der Waals surface area contributed by atoms with Gasteiger partial charge in [-0.15, -0.1) is 0 Å². The molecular weight excluding hydrogens is 240 g/mol. The van der Waals surface area contributed by atoms with Crippen molar-refractivity contribution in [3.63, 3.8) is 0 Å². The normalized spacial score (nSPS) is 4.55. The predicted octanol–water partition coefficient (Wildman–Crippen LogP) is -2.67. The Morgan fingerprint density at radius 3 is 1.00 bits per heavy atom. The maximum atomic E-state index is 8.89. The largest absolute Gasteiger partial charge is 3.00 e. The van der Waals surface area contributed by atoms with E-state index in [9.17, 15) is 0 Å². The fraction of sp³-hybridized carbons (Fsp3) is 0.500. The van der Waals surface area contributed by atoms with E-state index < -0.39 is 11.9 Å². The number of aliphatic carboxylic acids is 2. The molecule has 0 amide bonds. The maximum absolute atomic E-state index is 8.89. The molecule has 0 aromatic rings. The first-order valence-corrected chi connectivity index (χ1v) is 1.82. The predicted molar refractivity (Wildman–Crippen MR) is 23.3 cm³/mol. The summed E-state index contributed by atoms with van der Waals surface area (Å²) < 4.78 is 0. The average Bonchev–Trinajstić information content (AvgIpc) is 1.25. The van der Waals surface area contributed by atoms with Crippen LogP contribution in [0.4, 0.5) is 0 Å². The standard InChI is InChI=1S/2C2H4O2.2Fe.H2O/c2*1-2(3)4;;;/h2*1H3,(H,3,4);;;1H2/q;;;+3;/p-3. The van der Waals surface area contributed by atoms with Crippen LogP contribution in [-0.2, 0) is 43.7 Å². The van der Waals surface area contributed by atoms with Gasteiger partial charge in [-0.3, -0.25) is 0 Å². The Labute approximate surface area is 85.4 Å². The summed E-state index contributed by atoms with van der Waals surface area (Å²) in [6, 6.07) is 0. The second-order valence-electron chi connectivity index (χ2n) is 0.983. The van der Waals surface area contributed by atoms with E-state index in [1.54, 1.807) is 0 Å². The molecule has 0 atom stereocenters. The molecule has 0 saturated heterocycles. The molecule has 69 valence electrons. The van der Waals surface area contributed by atoms with E-state index in [4.69, 9.17) is 19.8 Å². The minimum atomic E-state index is -1.08. The second-order valence-corrected chi connectivity index (χ2v) is 0.983. The third-order valence-corrected chi connectivity index (χ3v) is 0. The van der Waals surface area contributed by atoms with E-state index in [1.807, 2.05) is 0 Å². The molecule has 0 rings (SSSR count). The van der Waals surface area contributed by atoms with Gasteiger partial charge in [-0.05, 0) is 13.8 Å². The summed E-state index contributed by atoms with van der Waals surface area (Å²) in [7, 11) is 0. The van der Waals surface area contributed by atoms with Crippen LogP contribution in [0.3, 0.4) is 0 Å². The Hall–Kier alpha value is -0.0610. The summed E-state index contributed by atoms with van der Waals surface area (Å²) in [5, 5.41) is 17.8. The Kier molecular flexibility index (Phi) is 62.7. The topological polar surface area (TPSA) is 110 Å². The van der Waals surface area contributed by atoms with Crippen LogP contribution in [0.5, 0.6) is 0 Å². The minimum absolute atomic E-state index is 0. The molecule has 1 radical (unpaired) electrons. The first-order valence-electron chi connectivity index (χ1n) is 1.82. The van der Waals surface area contributed by atoms with Gasteiger partial charge in [0.2, 0.25) is 0 Å². The van der Waals surface area contributed by atoms with E-state index in [1.165, 1.54) is 0 Å². The zero-order valence-electron chi connectivity index (χ0n) is 5.79. The zero-order chi connectivity index (χ0) is 7.15. The van der Waals surface area contributed by atoms with Gasteiger partial charge in [0.25, 0.3) is 0 Å². The van der Waals surface area contributed by atoms with Gasteiger partial charge in [0, 0.05) is 29.0 Å². The van der Waals surface area contributed by atoms with Crippen molar-refractivity contribution in [2.45, 2.75) is 13.8 Å². The zero-order valence-corrected chi connectivity index (χ0v) is 8.00. The summed E-state index contributed by atoms with van der Waals surface area (Å²) in [5.74, 6) is -2.17. The number of carboxylic acid groups (broad SMARTS) is 2. The van der Waals surface area contributed by atoms with Crippen LogP contribution in [0.1, 0.15) is 13.8 Å². The molecule has 11 heavy (non-hydrogen) atoms. The molecule has 0 aromatic heterocycles. The number of hydrogen-bond acceptors (Lipinski definition) is 5. The van der Waals surface area contributed by atoms with Gasteiger partial charge < -0.3 is 25.3 Å². The minimum Gasteiger partial charge on any atom is -0.870 e. The third kappa shape index (κ3) is 168000. The molecule has 5 nitrogen and oxygen atoms in total. The van der Waals surface area contributed by atoms with Crippen molar-refractivity contribution in [3.8, 4) is 0 Å². The molecule has 0 aromatic carbocycles. The van der Waals surface area contributed by atoms with Gasteiger partial charge in [-0.1, -0.05) is 0 Å². The van der Waals surface area contributed by atoms with E-state index in [-0.39, 0.29) is 39.6 Å². The molecule has 0 aliphatic rings. The first kappa shape index (κ1) is 30.6. The van der Waals surface area contributed by atoms with Crippen LogP contribution in [0.15, 0.2) is 0 Å². The molecule has 0 aliphatic carbocycles. The molecule has 0 saturated carbocycles. The number of carbonyl (C=O) groups is 2. The van der Waals surface area contributed by atoms with Crippen LogP contribution in [-0.4, -0.2) is 17.4 Å². The third-order valence-electron chi connectivity index (χ3n) is 0. The van der Waals surface area contributed by atoms with Crippen molar-refractivity contribution in [1.82, 2.24) is 0 Å². The molecule has 0 aliphatic heterocycles. The van der Waals surface area contributed by atoms with Crippen LogP contribution in [0.2, 0.25) is 0 Å². The molecule has 0 fully saturated rings. The van der Waals surface area contributed by atoms with Crippen molar-refractivity contribution in [3.05, 3.63) is 0 Å². The Morgan fingerprint density at radius 1 is 1.00 bits per heavy atom. The van der Waals surface area contributed by atoms with Gasteiger partial charge in [0.05, 0.1) is 0 Å². The monoisotopic (exact) mass is 247 g/mol. The van der Waals surface area contributed by atoms with Crippen molar-refractivity contribution >= 4 is 11.9 Å². The number of rotatable bonds is 0. The molecule has 0 spiro atoms. The quantitative estimate of drug-likeness (QED) is 0.433. The maximum Gasteiger partial charge on any atom is 3.00 e. The van der Waals surface area contributed by atoms with Crippen LogP contribution >= 0.6 is 0 Å². The number of hydrogen-bond donors (Lipinski definition) is 0. The number of carbonyl (C=O) groups excluding carboxylic acids is 2. The van der Waals surface area contributed by atoms with E-state index in [0.717, 1.165) is 13.8 Å². The molecule has 0 unspecified atom stereocenters. The van der Waals surface area contributed by atoms with E-state index >= 15 is 0 Å². The van der Waals surface area contributed by atoms with Crippen molar-refractivity contribution < 1.29 is 59.4 Å². The van der Waals surface area contributed by atoms with Crippen LogP contribution < -0.4 is 10.2 Å². The molecule has 0 bridgehead atoms. The molecular formula is C4H7Fe2O5. The molecule has 7 heteroatoms. The SMILES string of the molecule is CC(=O)[O-].CC(=O)[O-].[Fe+3].[Fe].[OH-]. The van der Waals surface area contributed by atoms with E-state index in [2.05, 4.69) is 0 Å². The Morgan fingerprint density at radius 2 is 1.00 bits per heavy atom. The van der Waals surface area contributed by atoms with Crippen LogP contribution in [0.25, 0.3) is 0 Å². The summed E-state index contributed by atoms with van der Waals surface area (Å²) in [5.41, 5.74) is 0. The van der Waals surface area contributed by atoms with Gasteiger partial charge >= 0.3 is 17.1 Å². The Balaban J connectivity index is -0.0000000171. The van der Waals surface area contributed by atoms with Crippen molar-refractivity contribution in [1.29, 1.82) is 0 Å². The molecule has 0 heterocycles. The van der Waals surface area contributed by atoms with E-state index in [0.29, 0.717) is 0 Å². The number of carboxylic acids is 2. The average molecular weight is 247 g/mol. The molecule has 1 N–H and O–H groups in total. The second kappa shape index (κ2) is 22.5. The van der Waals surface area contributed by atoms with Gasteiger partial charge in [0.1, 0.15) is 0 Å². The van der Waals surface area contributed by atoms with Gasteiger partial charge in [-0.2, -0.15) is 0 Å². The fourth-order valence-electron chi connectivity index (χ4n) is 0. The smallest absolute Gasteiger partial charge is 0.870 e. The van der Waals surface area contributed by atoms with Crippen molar-refractivity contribution in [2.75, 3.05) is 0 Å². The summed E-state index contributed by atoms with van der Waals surface area (Å²) in [6.07, 6.45) is 0. The summed E-state index contributed by atoms with van der Waals surface area (Å²) in [4.78, 5) is 17.8. The van der Waals surface area contributed by atoms with Crippen LogP contribution in [0, 0.1) is 0 Å².